The number of ether oxygens (including phenoxy) is 1. The summed E-state index contributed by atoms with van der Waals surface area (Å²) in [6.07, 6.45) is 0.706. The molecule has 0 radical (unpaired) electrons. The van der Waals surface area contributed by atoms with Crippen molar-refractivity contribution in [2.24, 2.45) is 5.92 Å². The van der Waals surface area contributed by atoms with Crippen molar-refractivity contribution >= 4 is 32.6 Å². The molecule has 33 heavy (non-hydrogen) atoms. The summed E-state index contributed by atoms with van der Waals surface area (Å²) in [7, 11) is -4.23. The van der Waals surface area contributed by atoms with Gasteiger partial charge in [0.15, 0.2) is 5.82 Å². The van der Waals surface area contributed by atoms with Crippen molar-refractivity contribution < 1.29 is 22.3 Å². The van der Waals surface area contributed by atoms with Gasteiger partial charge < -0.3 is 4.74 Å². The molecule has 3 aromatic rings. The third kappa shape index (κ3) is 4.94. The van der Waals surface area contributed by atoms with Gasteiger partial charge in [0.1, 0.15) is 24.6 Å². The normalized spacial score (nSPS) is 14.8. The number of hydrogen-bond acceptors (Lipinski definition) is 4. The second kappa shape index (κ2) is 9.12. The Hall–Kier alpha value is -3.57. The predicted octanol–water partition coefficient (Wildman–Crippen LogP) is 4.14. The van der Waals surface area contributed by atoms with Crippen LogP contribution < -0.4 is 13.8 Å². The van der Waals surface area contributed by atoms with Gasteiger partial charge >= 0.3 is 10.2 Å². The van der Waals surface area contributed by atoms with Crippen LogP contribution in [0.3, 0.4) is 0 Å². The molecule has 1 N–H and O–H groups in total. The third-order valence-electron chi connectivity index (χ3n) is 5.07. The van der Waals surface area contributed by atoms with E-state index in [2.05, 4.69) is 25.7 Å². The van der Waals surface area contributed by atoms with E-state index in [9.17, 15) is 13.2 Å². The molecule has 1 fully saturated rings. The molecule has 0 spiro atoms. The summed E-state index contributed by atoms with van der Waals surface area (Å²) < 4.78 is 49.3. The number of anilines is 1. The lowest BCUT2D eigenvalue weighted by Gasteiger charge is -2.21. The molecule has 1 aliphatic heterocycles. The van der Waals surface area contributed by atoms with Gasteiger partial charge in [-0.25, -0.2) is 13.4 Å². The van der Waals surface area contributed by atoms with E-state index in [1.807, 2.05) is 35.1 Å². The molecule has 0 atom stereocenters. The predicted molar refractivity (Wildman–Crippen MR) is 125 cm³/mol. The van der Waals surface area contributed by atoms with Gasteiger partial charge in [-0.3, -0.25) is 4.79 Å². The van der Waals surface area contributed by atoms with Gasteiger partial charge in [-0.15, -0.1) is 0 Å². The smallest absolute Gasteiger partial charge is 0.326 e. The maximum Gasteiger partial charge on any atom is 0.326 e. The fourth-order valence-electron chi connectivity index (χ4n) is 3.48. The van der Waals surface area contributed by atoms with Crippen LogP contribution >= 0.6 is 0 Å². The Morgan fingerprint density at radius 3 is 2.58 bits per heavy atom. The lowest BCUT2D eigenvalue weighted by atomic mass is 10.0. The summed E-state index contributed by atoms with van der Waals surface area (Å²) in [6.45, 7) is 3.70. The standard InChI is InChI=1S/C25H23FN2O4S/c1-17(2)7-6-10-18-11-12-20-14-22(32-16-19-8-4-3-5-9-19)25(24(26)21(20)13-18)28-15-23(29)27-33(28,30)31/h3-5,8-9,11-14,17H,7,15-16H2,1-2H3,(H,27,29). The van der Waals surface area contributed by atoms with E-state index in [-0.39, 0.29) is 23.4 Å². The van der Waals surface area contributed by atoms with Crippen molar-refractivity contribution in [2.45, 2.75) is 26.9 Å². The highest BCUT2D eigenvalue weighted by molar-refractivity contribution is 7.92. The van der Waals surface area contributed by atoms with Gasteiger partial charge in [0.05, 0.1) is 0 Å². The summed E-state index contributed by atoms with van der Waals surface area (Å²) >= 11 is 0. The van der Waals surface area contributed by atoms with Crippen molar-refractivity contribution in [1.82, 2.24) is 4.72 Å². The molecule has 4 rings (SSSR count). The number of hydrogen-bond donors (Lipinski definition) is 1. The van der Waals surface area contributed by atoms with E-state index in [0.29, 0.717) is 27.6 Å². The van der Waals surface area contributed by atoms with E-state index in [0.717, 1.165) is 5.56 Å². The van der Waals surface area contributed by atoms with E-state index in [4.69, 9.17) is 4.74 Å². The molecule has 8 heteroatoms. The van der Waals surface area contributed by atoms with Crippen molar-refractivity contribution in [3.63, 3.8) is 0 Å². The van der Waals surface area contributed by atoms with E-state index in [1.54, 1.807) is 24.3 Å². The van der Waals surface area contributed by atoms with Gasteiger partial charge in [0.25, 0.3) is 5.91 Å². The second-order valence-electron chi connectivity index (χ2n) is 8.18. The monoisotopic (exact) mass is 466 g/mol. The van der Waals surface area contributed by atoms with E-state index in [1.165, 1.54) is 0 Å². The number of halogens is 1. The molecule has 0 unspecified atom stereocenters. The first-order chi connectivity index (χ1) is 15.7. The van der Waals surface area contributed by atoms with Gasteiger partial charge in [0, 0.05) is 17.4 Å². The Morgan fingerprint density at radius 2 is 1.91 bits per heavy atom. The molecule has 1 amide bonds. The van der Waals surface area contributed by atoms with Gasteiger partial charge in [0.2, 0.25) is 0 Å². The first-order valence-corrected chi connectivity index (χ1v) is 11.9. The minimum Gasteiger partial charge on any atom is -0.487 e. The van der Waals surface area contributed by atoms with E-state index < -0.39 is 28.5 Å². The number of amides is 1. The molecule has 1 heterocycles. The molecule has 0 bridgehead atoms. The third-order valence-corrected chi connectivity index (χ3v) is 6.44. The first kappa shape index (κ1) is 22.6. The Labute approximate surface area is 192 Å². The highest BCUT2D eigenvalue weighted by Gasteiger charge is 2.38. The fraction of sp³-hybridized carbons (Fsp3) is 0.240. The molecular weight excluding hydrogens is 443 g/mol. The molecule has 1 aliphatic rings. The van der Waals surface area contributed by atoms with Crippen molar-refractivity contribution in [2.75, 3.05) is 10.8 Å². The lowest BCUT2D eigenvalue weighted by molar-refractivity contribution is -0.117. The van der Waals surface area contributed by atoms with Crippen LogP contribution in [0.15, 0.2) is 54.6 Å². The SMILES string of the molecule is CC(C)CC#Cc1ccc2cc(OCc3ccccc3)c(N3CC(=O)NS3(=O)=O)c(F)c2c1. The largest absolute Gasteiger partial charge is 0.487 e. The van der Waals surface area contributed by atoms with Crippen molar-refractivity contribution in [1.29, 1.82) is 0 Å². The topological polar surface area (TPSA) is 75.7 Å². The molecule has 170 valence electrons. The zero-order chi connectivity index (χ0) is 23.6. The van der Waals surface area contributed by atoms with Crippen LogP contribution in [0, 0.1) is 23.6 Å². The van der Waals surface area contributed by atoms with Gasteiger partial charge in [-0.1, -0.05) is 62.1 Å². The molecule has 1 saturated heterocycles. The van der Waals surface area contributed by atoms with Crippen LogP contribution in [-0.2, 0) is 21.6 Å². The molecule has 3 aromatic carbocycles. The molecule has 0 aliphatic carbocycles. The average molecular weight is 467 g/mol. The van der Waals surface area contributed by atoms with Crippen molar-refractivity contribution in [3.8, 4) is 17.6 Å². The number of rotatable bonds is 5. The Bertz CT molecular complexity index is 1380. The average Bonchev–Trinajstić information content (AvgIpc) is 3.04. The highest BCUT2D eigenvalue weighted by atomic mass is 32.2. The number of carbonyl (C=O) groups excluding carboxylic acids is 1. The fourth-order valence-corrected chi connectivity index (χ4v) is 4.64. The second-order valence-corrected chi connectivity index (χ2v) is 9.78. The zero-order valence-corrected chi connectivity index (χ0v) is 19.1. The Balaban J connectivity index is 1.82. The van der Waals surface area contributed by atoms with Crippen LogP contribution in [0.4, 0.5) is 10.1 Å². The summed E-state index contributed by atoms with van der Waals surface area (Å²) in [5.74, 6) is 5.00. The van der Waals surface area contributed by atoms with Gasteiger partial charge in [-0.2, -0.15) is 8.42 Å². The number of benzene rings is 3. The van der Waals surface area contributed by atoms with Gasteiger partial charge in [-0.05, 0) is 35.1 Å². The highest BCUT2D eigenvalue weighted by Crippen LogP contribution is 2.39. The van der Waals surface area contributed by atoms with E-state index >= 15 is 4.39 Å². The van der Waals surface area contributed by atoms with Crippen LogP contribution in [0.25, 0.3) is 10.8 Å². The Kier molecular flexibility index (Phi) is 6.25. The quantitative estimate of drug-likeness (QED) is 0.574. The molecular formula is C25H23FN2O4S. The van der Waals surface area contributed by atoms with Crippen LogP contribution in [-0.4, -0.2) is 20.9 Å². The minimum atomic E-state index is -4.23. The number of fused-ring (bicyclic) bond motifs is 1. The lowest BCUT2D eigenvalue weighted by Crippen LogP contribution is -2.30. The maximum atomic E-state index is 15.8. The Morgan fingerprint density at radius 1 is 1.15 bits per heavy atom. The van der Waals surface area contributed by atoms with Crippen LogP contribution in [0.5, 0.6) is 5.75 Å². The van der Waals surface area contributed by atoms with Crippen LogP contribution in [0.1, 0.15) is 31.4 Å². The maximum absolute atomic E-state index is 15.8. The summed E-state index contributed by atoms with van der Waals surface area (Å²) in [6, 6.07) is 15.9. The summed E-state index contributed by atoms with van der Waals surface area (Å²) in [4.78, 5) is 11.8. The minimum absolute atomic E-state index is 0.0302. The number of carbonyl (C=O) groups is 1. The zero-order valence-electron chi connectivity index (χ0n) is 18.3. The van der Waals surface area contributed by atoms with Crippen molar-refractivity contribution in [3.05, 3.63) is 71.5 Å². The molecule has 6 nitrogen and oxygen atoms in total. The number of nitrogens with one attached hydrogen (secondary N) is 1. The molecule has 0 aromatic heterocycles. The number of nitrogens with zero attached hydrogens (tertiary/aromatic N) is 1. The summed E-state index contributed by atoms with van der Waals surface area (Å²) in [5, 5.41) is 0.729. The molecule has 0 saturated carbocycles. The summed E-state index contributed by atoms with van der Waals surface area (Å²) in [5.41, 5.74) is 1.15. The first-order valence-electron chi connectivity index (χ1n) is 10.5. The van der Waals surface area contributed by atoms with Crippen LogP contribution in [0.2, 0.25) is 0 Å².